The van der Waals surface area contributed by atoms with Gasteiger partial charge >= 0.3 is 0 Å². The molecule has 38 heavy (non-hydrogen) atoms. The van der Waals surface area contributed by atoms with Gasteiger partial charge in [0.25, 0.3) is 0 Å². The molecule has 0 unspecified atom stereocenters. The van der Waals surface area contributed by atoms with Gasteiger partial charge < -0.3 is 4.42 Å². The fourth-order valence-corrected chi connectivity index (χ4v) is 5.05. The van der Waals surface area contributed by atoms with Gasteiger partial charge in [0.2, 0.25) is 0 Å². The van der Waals surface area contributed by atoms with Gasteiger partial charge in [-0.25, -0.2) is 15.0 Å². The first-order chi connectivity index (χ1) is 18.7. The molecule has 0 N–H and O–H groups in total. The van der Waals surface area contributed by atoms with Crippen LogP contribution in [-0.4, -0.2) is 15.0 Å². The van der Waals surface area contributed by atoms with Crippen LogP contribution in [0, 0.1) is 0 Å². The maximum atomic E-state index is 6.14. The summed E-state index contributed by atoms with van der Waals surface area (Å²) in [5.41, 5.74) is 6.65. The molecule has 0 saturated carbocycles. The largest absolute Gasteiger partial charge is 0.456 e. The minimum atomic E-state index is 0.611. The van der Waals surface area contributed by atoms with Crippen LogP contribution in [-0.2, 0) is 0 Å². The van der Waals surface area contributed by atoms with Crippen LogP contribution in [0.5, 0.6) is 0 Å². The number of fused-ring (bicyclic) bond motifs is 3. The Morgan fingerprint density at radius 2 is 1.11 bits per heavy atom. The van der Waals surface area contributed by atoms with Crippen molar-refractivity contribution < 1.29 is 4.42 Å². The Kier molecular flexibility index (Phi) is 5.56. The zero-order valence-corrected chi connectivity index (χ0v) is 21.8. The van der Waals surface area contributed by atoms with E-state index in [0.29, 0.717) is 17.5 Å². The van der Waals surface area contributed by atoms with Crippen molar-refractivity contribution in [3.8, 4) is 45.3 Å². The summed E-state index contributed by atoms with van der Waals surface area (Å²) in [5.74, 6) is 1.86. The third kappa shape index (κ3) is 4.07. The Morgan fingerprint density at radius 1 is 0.474 bits per heavy atom. The minimum absolute atomic E-state index is 0.611. The van der Waals surface area contributed by atoms with Crippen molar-refractivity contribution >= 4 is 37.9 Å². The van der Waals surface area contributed by atoms with Crippen LogP contribution in [0.25, 0.3) is 67.2 Å². The lowest BCUT2D eigenvalue weighted by Gasteiger charge is -2.10. The Morgan fingerprint density at radius 3 is 1.95 bits per heavy atom. The monoisotopic (exact) mass is 553 g/mol. The average molecular weight is 554 g/mol. The molecule has 2 heterocycles. The lowest BCUT2D eigenvalue weighted by molar-refractivity contribution is 0.669. The number of hydrogen-bond donors (Lipinski definition) is 0. The smallest absolute Gasteiger partial charge is 0.164 e. The Balaban J connectivity index is 1.45. The molecule has 0 spiro atoms. The van der Waals surface area contributed by atoms with Gasteiger partial charge in [-0.15, -0.1) is 0 Å². The number of halogens is 1. The molecule has 2 aromatic heterocycles. The Labute approximate surface area is 227 Å². The standard InChI is InChI=1S/C33H20BrN3O/c34-25-18-16-21(17-19-25)23-10-6-11-24(20-23)32-35-31(22-8-2-1-3-9-22)36-33(37-32)27-13-7-15-29-30(27)26-12-4-5-14-28(26)38-29/h1-20H. The molecule has 0 radical (unpaired) electrons. The van der Waals surface area contributed by atoms with Crippen LogP contribution in [0.3, 0.4) is 0 Å². The first kappa shape index (κ1) is 22.6. The topological polar surface area (TPSA) is 51.8 Å². The summed E-state index contributed by atoms with van der Waals surface area (Å²) >= 11 is 3.52. The molecular weight excluding hydrogens is 534 g/mol. The highest BCUT2D eigenvalue weighted by molar-refractivity contribution is 9.10. The van der Waals surface area contributed by atoms with E-state index >= 15 is 0 Å². The molecule has 0 atom stereocenters. The van der Waals surface area contributed by atoms with Crippen molar-refractivity contribution in [3.63, 3.8) is 0 Å². The van der Waals surface area contributed by atoms with Gasteiger partial charge in [-0.1, -0.05) is 107 Å². The molecule has 5 heteroatoms. The van der Waals surface area contributed by atoms with Crippen molar-refractivity contribution in [1.29, 1.82) is 0 Å². The summed E-state index contributed by atoms with van der Waals surface area (Å²) in [6.07, 6.45) is 0. The van der Waals surface area contributed by atoms with E-state index < -0.39 is 0 Å². The Bertz CT molecular complexity index is 1930. The highest BCUT2D eigenvalue weighted by Gasteiger charge is 2.17. The van der Waals surface area contributed by atoms with Crippen LogP contribution in [0.15, 0.2) is 130 Å². The molecule has 0 aliphatic heterocycles. The van der Waals surface area contributed by atoms with E-state index in [1.165, 1.54) is 0 Å². The predicted molar refractivity (Wildman–Crippen MR) is 157 cm³/mol. The van der Waals surface area contributed by atoms with Crippen LogP contribution >= 0.6 is 15.9 Å². The average Bonchev–Trinajstić information content (AvgIpc) is 3.37. The number of furan rings is 1. The van der Waals surface area contributed by atoms with E-state index in [1.807, 2.05) is 84.9 Å². The third-order valence-corrected chi connectivity index (χ3v) is 7.14. The molecule has 7 rings (SSSR count). The number of aromatic nitrogens is 3. The molecule has 0 aliphatic rings. The van der Waals surface area contributed by atoms with Gasteiger partial charge in [-0.2, -0.15) is 0 Å². The first-order valence-corrected chi connectivity index (χ1v) is 13.1. The van der Waals surface area contributed by atoms with Gasteiger partial charge in [0.15, 0.2) is 17.5 Å². The number of rotatable bonds is 4. The summed E-state index contributed by atoms with van der Waals surface area (Å²) in [7, 11) is 0. The van der Waals surface area contributed by atoms with E-state index in [0.717, 1.165) is 54.2 Å². The predicted octanol–water partition coefficient (Wildman–Crippen LogP) is 9.20. The molecule has 4 nitrogen and oxygen atoms in total. The minimum Gasteiger partial charge on any atom is -0.456 e. The second kappa shape index (κ2) is 9.36. The maximum Gasteiger partial charge on any atom is 0.164 e. The molecule has 7 aromatic rings. The summed E-state index contributed by atoms with van der Waals surface area (Å²) < 4.78 is 7.19. The van der Waals surface area contributed by atoms with E-state index in [2.05, 4.69) is 52.3 Å². The summed E-state index contributed by atoms with van der Waals surface area (Å²) in [6.45, 7) is 0. The summed E-state index contributed by atoms with van der Waals surface area (Å²) in [6, 6.07) is 40.7. The SMILES string of the molecule is Brc1ccc(-c2cccc(-c3nc(-c4ccccc4)nc(-c4cccc5oc6ccccc6c45)n3)c2)cc1. The number of nitrogens with zero attached hydrogens (tertiary/aromatic N) is 3. The molecule has 5 aromatic carbocycles. The fraction of sp³-hybridized carbons (Fsp3) is 0. The zero-order valence-electron chi connectivity index (χ0n) is 20.2. The van der Waals surface area contributed by atoms with Gasteiger partial charge in [0.05, 0.1) is 0 Å². The van der Waals surface area contributed by atoms with Crippen molar-refractivity contribution in [2.24, 2.45) is 0 Å². The number of hydrogen-bond acceptors (Lipinski definition) is 4. The molecular formula is C33H20BrN3O. The lowest BCUT2D eigenvalue weighted by Crippen LogP contribution is -2.00. The van der Waals surface area contributed by atoms with Crippen molar-refractivity contribution in [3.05, 3.63) is 126 Å². The van der Waals surface area contributed by atoms with Crippen LogP contribution in [0.1, 0.15) is 0 Å². The van der Waals surface area contributed by atoms with E-state index in [-0.39, 0.29) is 0 Å². The first-order valence-electron chi connectivity index (χ1n) is 12.3. The van der Waals surface area contributed by atoms with Crippen LogP contribution in [0.2, 0.25) is 0 Å². The molecule has 0 bridgehead atoms. The van der Waals surface area contributed by atoms with Gasteiger partial charge in [0, 0.05) is 31.9 Å². The highest BCUT2D eigenvalue weighted by atomic mass is 79.9. The maximum absolute atomic E-state index is 6.14. The van der Waals surface area contributed by atoms with Gasteiger partial charge in [0.1, 0.15) is 11.2 Å². The number of para-hydroxylation sites is 1. The van der Waals surface area contributed by atoms with Gasteiger partial charge in [-0.05, 0) is 41.5 Å². The normalized spacial score (nSPS) is 11.3. The van der Waals surface area contributed by atoms with Crippen molar-refractivity contribution in [1.82, 2.24) is 15.0 Å². The van der Waals surface area contributed by atoms with Crippen LogP contribution in [0.4, 0.5) is 0 Å². The molecule has 0 aliphatic carbocycles. The second-order valence-corrected chi connectivity index (χ2v) is 9.95. The zero-order chi connectivity index (χ0) is 25.5. The second-order valence-electron chi connectivity index (χ2n) is 9.04. The molecule has 0 fully saturated rings. The third-order valence-electron chi connectivity index (χ3n) is 6.61. The van der Waals surface area contributed by atoms with Crippen LogP contribution < -0.4 is 0 Å². The number of benzene rings is 5. The van der Waals surface area contributed by atoms with E-state index in [4.69, 9.17) is 19.4 Å². The lowest BCUT2D eigenvalue weighted by atomic mass is 10.0. The van der Waals surface area contributed by atoms with E-state index in [9.17, 15) is 0 Å². The quantitative estimate of drug-likeness (QED) is 0.218. The summed E-state index contributed by atoms with van der Waals surface area (Å²) in [5, 5.41) is 2.04. The highest BCUT2D eigenvalue weighted by Crippen LogP contribution is 2.36. The Hall–Kier alpha value is -4.61. The molecule has 0 saturated heterocycles. The van der Waals surface area contributed by atoms with E-state index in [1.54, 1.807) is 0 Å². The van der Waals surface area contributed by atoms with Crippen molar-refractivity contribution in [2.75, 3.05) is 0 Å². The van der Waals surface area contributed by atoms with Gasteiger partial charge in [-0.3, -0.25) is 0 Å². The molecule has 180 valence electrons. The molecule has 0 amide bonds. The fourth-order valence-electron chi connectivity index (χ4n) is 4.78. The summed E-state index contributed by atoms with van der Waals surface area (Å²) in [4.78, 5) is 14.9. The van der Waals surface area contributed by atoms with Crippen molar-refractivity contribution in [2.45, 2.75) is 0 Å².